The van der Waals surface area contributed by atoms with E-state index in [4.69, 9.17) is 9.47 Å². The van der Waals surface area contributed by atoms with E-state index in [1.54, 1.807) is 7.11 Å². The Balaban J connectivity index is 1.22. The zero-order valence-electron chi connectivity index (χ0n) is 19.6. The van der Waals surface area contributed by atoms with E-state index in [1.165, 1.54) is 11.1 Å². The molecule has 0 aromatic heterocycles. The van der Waals surface area contributed by atoms with Gasteiger partial charge in [-0.15, -0.1) is 0 Å². The van der Waals surface area contributed by atoms with Crippen LogP contribution in [-0.4, -0.2) is 56.2 Å². The number of methoxy groups -OCH3 is 1. The third kappa shape index (κ3) is 6.38. The van der Waals surface area contributed by atoms with Crippen LogP contribution in [0.15, 0.2) is 84.0 Å². The first kappa shape index (κ1) is 23.8. The van der Waals surface area contributed by atoms with Crippen molar-refractivity contribution in [2.24, 2.45) is 5.10 Å². The molecule has 1 N–H and O–H groups in total. The van der Waals surface area contributed by atoms with E-state index in [9.17, 15) is 9.59 Å². The van der Waals surface area contributed by atoms with Crippen molar-refractivity contribution in [3.8, 4) is 11.5 Å². The first-order valence-electron chi connectivity index (χ1n) is 11.4. The average molecular weight is 473 g/mol. The molecule has 8 nitrogen and oxygen atoms in total. The molecule has 8 heteroatoms. The number of piperazine rings is 1. The molecule has 3 aromatic rings. The standard InChI is InChI=1S/C27H28N4O4/c1-34-25-10-6-5-9-24(25)30-15-17-31(18-16-30)27(33)26(32)29-28-19-21-11-13-23(14-12-21)35-20-22-7-3-2-4-8-22/h2-14,19H,15-18,20H2,1H3,(H,29,32)/b28-19-. The Morgan fingerprint density at radius 1 is 0.914 bits per heavy atom. The molecule has 1 saturated heterocycles. The number of nitrogens with one attached hydrogen (secondary N) is 1. The number of hydrogen-bond donors (Lipinski definition) is 1. The van der Waals surface area contributed by atoms with Crippen molar-refractivity contribution >= 4 is 23.7 Å². The second-order valence-electron chi connectivity index (χ2n) is 7.99. The molecule has 0 atom stereocenters. The average Bonchev–Trinajstić information content (AvgIpc) is 2.92. The van der Waals surface area contributed by atoms with Gasteiger partial charge in [-0.3, -0.25) is 9.59 Å². The highest BCUT2D eigenvalue weighted by molar-refractivity contribution is 6.35. The van der Waals surface area contributed by atoms with Crippen molar-refractivity contribution < 1.29 is 19.1 Å². The maximum absolute atomic E-state index is 12.5. The monoisotopic (exact) mass is 472 g/mol. The molecule has 4 rings (SSSR count). The van der Waals surface area contributed by atoms with Crippen molar-refractivity contribution in [2.75, 3.05) is 38.2 Å². The number of ether oxygens (including phenoxy) is 2. The molecule has 0 saturated carbocycles. The van der Waals surface area contributed by atoms with Crippen molar-refractivity contribution in [3.05, 3.63) is 90.0 Å². The smallest absolute Gasteiger partial charge is 0.329 e. The lowest BCUT2D eigenvalue weighted by molar-refractivity contribution is -0.146. The van der Waals surface area contributed by atoms with Gasteiger partial charge < -0.3 is 19.3 Å². The van der Waals surface area contributed by atoms with Crippen LogP contribution in [0.25, 0.3) is 0 Å². The first-order valence-corrected chi connectivity index (χ1v) is 11.4. The summed E-state index contributed by atoms with van der Waals surface area (Å²) in [5, 5.41) is 3.93. The third-order valence-electron chi connectivity index (χ3n) is 5.70. The number of carbonyl (C=O) groups excluding carboxylic acids is 2. The van der Waals surface area contributed by atoms with Gasteiger partial charge in [0.05, 0.1) is 19.0 Å². The van der Waals surface area contributed by atoms with E-state index in [0.29, 0.717) is 32.8 Å². The van der Waals surface area contributed by atoms with Crippen molar-refractivity contribution in [3.63, 3.8) is 0 Å². The summed E-state index contributed by atoms with van der Waals surface area (Å²) in [6.07, 6.45) is 1.49. The van der Waals surface area contributed by atoms with Gasteiger partial charge in [-0.1, -0.05) is 42.5 Å². The highest BCUT2D eigenvalue weighted by Gasteiger charge is 2.26. The Hall–Kier alpha value is -4.33. The van der Waals surface area contributed by atoms with Crippen LogP contribution in [-0.2, 0) is 16.2 Å². The number of para-hydroxylation sites is 2. The van der Waals surface area contributed by atoms with Gasteiger partial charge >= 0.3 is 11.8 Å². The zero-order chi connectivity index (χ0) is 24.5. The quantitative estimate of drug-likeness (QED) is 0.325. The van der Waals surface area contributed by atoms with Gasteiger partial charge in [-0.25, -0.2) is 5.43 Å². The van der Waals surface area contributed by atoms with E-state index in [0.717, 1.165) is 28.3 Å². The van der Waals surface area contributed by atoms with Crippen LogP contribution < -0.4 is 19.8 Å². The van der Waals surface area contributed by atoms with Gasteiger partial charge in [-0.05, 0) is 47.5 Å². The largest absolute Gasteiger partial charge is 0.495 e. The topological polar surface area (TPSA) is 83.5 Å². The van der Waals surface area contributed by atoms with E-state index in [2.05, 4.69) is 15.4 Å². The summed E-state index contributed by atoms with van der Waals surface area (Å²) in [4.78, 5) is 28.5. The number of rotatable bonds is 7. The highest BCUT2D eigenvalue weighted by atomic mass is 16.5. The van der Waals surface area contributed by atoms with E-state index >= 15 is 0 Å². The van der Waals surface area contributed by atoms with Gasteiger partial charge in [0.2, 0.25) is 0 Å². The van der Waals surface area contributed by atoms with Crippen LogP contribution >= 0.6 is 0 Å². The van der Waals surface area contributed by atoms with Crippen LogP contribution in [0, 0.1) is 0 Å². The molecule has 0 unspecified atom stereocenters. The Bertz CT molecular complexity index is 1160. The minimum Gasteiger partial charge on any atom is -0.495 e. The summed E-state index contributed by atoms with van der Waals surface area (Å²) in [7, 11) is 1.64. The van der Waals surface area contributed by atoms with Crippen LogP contribution in [0.2, 0.25) is 0 Å². The predicted octanol–water partition coefficient (Wildman–Crippen LogP) is 3.07. The SMILES string of the molecule is COc1ccccc1N1CCN(C(=O)C(=O)N/N=C\c2ccc(OCc3ccccc3)cc2)CC1. The zero-order valence-corrected chi connectivity index (χ0v) is 19.6. The van der Waals surface area contributed by atoms with Crippen LogP contribution in [0.5, 0.6) is 11.5 Å². The molecule has 2 amide bonds. The van der Waals surface area contributed by atoms with Gasteiger partial charge in [0.15, 0.2) is 0 Å². The Labute approximate surface area is 204 Å². The molecule has 180 valence electrons. The normalized spacial score (nSPS) is 13.5. The molecule has 1 heterocycles. The van der Waals surface area contributed by atoms with E-state index in [-0.39, 0.29) is 0 Å². The number of hydrogen-bond acceptors (Lipinski definition) is 6. The molecule has 0 aliphatic carbocycles. The lowest BCUT2D eigenvalue weighted by atomic mass is 10.2. The molecule has 0 spiro atoms. The molecule has 0 bridgehead atoms. The Morgan fingerprint density at radius 3 is 2.31 bits per heavy atom. The fourth-order valence-corrected chi connectivity index (χ4v) is 3.79. The molecule has 35 heavy (non-hydrogen) atoms. The minimum atomic E-state index is -0.755. The second kappa shape index (κ2) is 11.7. The summed E-state index contributed by atoms with van der Waals surface area (Å²) in [6, 6.07) is 25.0. The number of nitrogens with zero attached hydrogens (tertiary/aromatic N) is 3. The minimum absolute atomic E-state index is 0.443. The number of amides is 2. The Kier molecular flexibility index (Phi) is 7.96. The van der Waals surface area contributed by atoms with Gasteiger partial charge in [-0.2, -0.15) is 5.10 Å². The van der Waals surface area contributed by atoms with E-state index in [1.807, 2.05) is 78.9 Å². The maximum Gasteiger partial charge on any atom is 0.329 e. The van der Waals surface area contributed by atoms with Crippen LogP contribution in [0.4, 0.5) is 5.69 Å². The van der Waals surface area contributed by atoms with Crippen molar-refractivity contribution in [1.29, 1.82) is 0 Å². The van der Waals surface area contributed by atoms with Crippen LogP contribution in [0.3, 0.4) is 0 Å². The Morgan fingerprint density at radius 2 is 1.60 bits per heavy atom. The van der Waals surface area contributed by atoms with Crippen molar-refractivity contribution in [2.45, 2.75) is 6.61 Å². The first-order chi connectivity index (χ1) is 17.1. The number of carbonyl (C=O) groups is 2. The third-order valence-corrected chi connectivity index (χ3v) is 5.70. The fraction of sp³-hybridized carbons (Fsp3) is 0.222. The molecular weight excluding hydrogens is 444 g/mol. The lowest BCUT2D eigenvalue weighted by Gasteiger charge is -2.36. The fourth-order valence-electron chi connectivity index (χ4n) is 3.79. The number of benzene rings is 3. The number of hydrazone groups is 1. The van der Waals surface area contributed by atoms with Gasteiger partial charge in [0.25, 0.3) is 0 Å². The van der Waals surface area contributed by atoms with E-state index < -0.39 is 11.8 Å². The molecule has 1 aliphatic heterocycles. The molecule has 3 aromatic carbocycles. The molecule has 1 aliphatic rings. The summed E-state index contributed by atoms with van der Waals surface area (Å²) < 4.78 is 11.2. The predicted molar refractivity (Wildman–Crippen MR) is 135 cm³/mol. The lowest BCUT2D eigenvalue weighted by Crippen LogP contribution is -2.52. The number of anilines is 1. The maximum atomic E-state index is 12.5. The van der Waals surface area contributed by atoms with Crippen LogP contribution in [0.1, 0.15) is 11.1 Å². The molecular formula is C27H28N4O4. The van der Waals surface area contributed by atoms with Gasteiger partial charge in [0, 0.05) is 26.2 Å². The summed E-state index contributed by atoms with van der Waals surface area (Å²) >= 11 is 0. The summed E-state index contributed by atoms with van der Waals surface area (Å²) in [5.74, 6) is 0.175. The van der Waals surface area contributed by atoms with Gasteiger partial charge in [0.1, 0.15) is 18.1 Å². The van der Waals surface area contributed by atoms with Crippen molar-refractivity contribution in [1.82, 2.24) is 10.3 Å². The summed E-state index contributed by atoms with van der Waals surface area (Å²) in [6.45, 7) is 2.60. The second-order valence-corrected chi connectivity index (χ2v) is 7.99. The summed E-state index contributed by atoms with van der Waals surface area (Å²) in [5.41, 5.74) is 5.17. The highest BCUT2D eigenvalue weighted by Crippen LogP contribution is 2.28. The molecule has 1 fully saturated rings. The molecule has 0 radical (unpaired) electrons.